The summed E-state index contributed by atoms with van der Waals surface area (Å²) in [6.45, 7) is 0. The van der Waals surface area contributed by atoms with Crippen molar-refractivity contribution in [2.75, 3.05) is 5.75 Å². The van der Waals surface area contributed by atoms with Crippen LogP contribution in [0.15, 0.2) is 33.6 Å². The lowest BCUT2D eigenvalue weighted by atomic mass is 10.3. The van der Waals surface area contributed by atoms with Gasteiger partial charge >= 0.3 is 0 Å². The van der Waals surface area contributed by atoms with Gasteiger partial charge in [-0.2, -0.15) is 4.80 Å². The van der Waals surface area contributed by atoms with E-state index in [-0.39, 0.29) is 12.2 Å². The van der Waals surface area contributed by atoms with Crippen LogP contribution >= 0.6 is 27.7 Å². The zero-order chi connectivity index (χ0) is 13.0. The van der Waals surface area contributed by atoms with Gasteiger partial charge in [0.1, 0.15) is 0 Å². The highest BCUT2D eigenvalue weighted by Gasteiger charge is 2.09. The standard InChI is InChI=1S/C11H11BrN4OS/c1-16-14-11(13-15-16)6-8(17)7-18-10-5-3-2-4-9(10)12/h2-5H,6-7H2,1H3. The highest BCUT2D eigenvalue weighted by Crippen LogP contribution is 2.26. The Morgan fingerprint density at radius 3 is 2.89 bits per heavy atom. The number of thioether (sulfide) groups is 1. The van der Waals surface area contributed by atoms with Gasteiger partial charge in [0.05, 0.1) is 19.2 Å². The van der Waals surface area contributed by atoms with Gasteiger partial charge in [-0.3, -0.25) is 4.79 Å². The van der Waals surface area contributed by atoms with E-state index >= 15 is 0 Å². The molecule has 1 aromatic carbocycles. The summed E-state index contributed by atoms with van der Waals surface area (Å²) in [5.41, 5.74) is 0. The molecule has 1 aromatic heterocycles. The minimum atomic E-state index is 0.0868. The second kappa shape index (κ2) is 6.10. The average molecular weight is 327 g/mol. The lowest BCUT2D eigenvalue weighted by Gasteiger charge is -2.02. The minimum Gasteiger partial charge on any atom is -0.298 e. The van der Waals surface area contributed by atoms with Crippen molar-refractivity contribution in [1.29, 1.82) is 0 Å². The van der Waals surface area contributed by atoms with E-state index in [2.05, 4.69) is 31.3 Å². The molecule has 2 aromatic rings. The van der Waals surface area contributed by atoms with E-state index in [1.165, 1.54) is 16.6 Å². The van der Waals surface area contributed by atoms with Gasteiger partial charge in [-0.05, 0) is 33.3 Å². The monoisotopic (exact) mass is 326 g/mol. The summed E-state index contributed by atoms with van der Waals surface area (Å²) in [5.74, 6) is 0.958. The van der Waals surface area contributed by atoms with Crippen LogP contribution in [0.1, 0.15) is 5.82 Å². The van der Waals surface area contributed by atoms with Crippen molar-refractivity contribution in [3.05, 3.63) is 34.6 Å². The van der Waals surface area contributed by atoms with Crippen LogP contribution in [0.25, 0.3) is 0 Å². The van der Waals surface area contributed by atoms with Gasteiger partial charge in [-0.15, -0.1) is 22.0 Å². The summed E-state index contributed by atoms with van der Waals surface area (Å²) in [5, 5.41) is 11.5. The fourth-order valence-corrected chi connectivity index (χ4v) is 2.77. The second-order valence-corrected chi connectivity index (χ2v) is 5.50. The summed E-state index contributed by atoms with van der Waals surface area (Å²) >= 11 is 4.95. The summed E-state index contributed by atoms with van der Waals surface area (Å²) in [6.07, 6.45) is 0.227. The van der Waals surface area contributed by atoms with Gasteiger partial charge in [0.25, 0.3) is 0 Å². The first-order chi connectivity index (χ1) is 8.65. The van der Waals surface area contributed by atoms with E-state index in [0.29, 0.717) is 11.6 Å². The number of rotatable bonds is 5. The molecule has 2 rings (SSSR count). The molecule has 0 bridgehead atoms. The van der Waals surface area contributed by atoms with Gasteiger partial charge in [0, 0.05) is 9.37 Å². The van der Waals surface area contributed by atoms with Gasteiger partial charge in [-0.1, -0.05) is 12.1 Å². The van der Waals surface area contributed by atoms with Crippen molar-refractivity contribution in [2.24, 2.45) is 7.05 Å². The summed E-state index contributed by atoms with van der Waals surface area (Å²) in [6, 6.07) is 7.82. The van der Waals surface area contributed by atoms with E-state index in [1.54, 1.807) is 7.05 Å². The maximum absolute atomic E-state index is 11.8. The number of aromatic nitrogens is 4. The van der Waals surface area contributed by atoms with Gasteiger partial charge in [0.2, 0.25) is 0 Å². The van der Waals surface area contributed by atoms with Crippen LogP contribution in [-0.4, -0.2) is 31.7 Å². The lowest BCUT2D eigenvalue weighted by molar-refractivity contribution is -0.116. The van der Waals surface area contributed by atoms with Crippen LogP contribution in [-0.2, 0) is 18.3 Å². The first kappa shape index (κ1) is 13.2. The Hall–Kier alpha value is -1.21. The maximum atomic E-state index is 11.8. The molecule has 0 atom stereocenters. The molecule has 0 radical (unpaired) electrons. The number of ketones is 1. The van der Waals surface area contributed by atoms with E-state index in [1.807, 2.05) is 24.3 Å². The van der Waals surface area contributed by atoms with Crippen LogP contribution in [0, 0.1) is 0 Å². The molecular weight excluding hydrogens is 316 g/mol. The molecule has 0 N–H and O–H groups in total. The third-order valence-corrected chi connectivity index (χ3v) is 4.22. The summed E-state index contributed by atoms with van der Waals surface area (Å²) in [7, 11) is 1.68. The normalized spacial score (nSPS) is 10.6. The molecule has 0 amide bonds. The number of carbonyl (C=O) groups excluding carboxylic acids is 1. The van der Waals surface area contributed by atoms with E-state index in [0.717, 1.165) is 9.37 Å². The molecule has 1 heterocycles. The Morgan fingerprint density at radius 2 is 2.22 bits per heavy atom. The Bertz CT molecular complexity index is 557. The molecule has 94 valence electrons. The van der Waals surface area contributed by atoms with E-state index in [9.17, 15) is 4.79 Å². The van der Waals surface area contributed by atoms with Crippen molar-refractivity contribution in [1.82, 2.24) is 20.2 Å². The number of Topliss-reactive ketones (excluding diaryl/α,β-unsaturated/α-hetero) is 1. The van der Waals surface area contributed by atoms with Crippen LogP contribution in [0.2, 0.25) is 0 Å². The SMILES string of the molecule is Cn1nnc(CC(=O)CSc2ccccc2Br)n1. The number of tetrazole rings is 1. The third kappa shape index (κ3) is 3.64. The van der Waals surface area contributed by atoms with Crippen LogP contribution in [0.3, 0.4) is 0 Å². The fraction of sp³-hybridized carbons (Fsp3) is 0.273. The fourth-order valence-electron chi connectivity index (χ4n) is 1.34. The number of benzene rings is 1. The van der Waals surface area contributed by atoms with Gasteiger partial charge in [0.15, 0.2) is 11.6 Å². The zero-order valence-corrected chi connectivity index (χ0v) is 12.1. The third-order valence-electron chi connectivity index (χ3n) is 2.13. The van der Waals surface area contributed by atoms with Crippen molar-refractivity contribution in [3.8, 4) is 0 Å². The smallest absolute Gasteiger partial charge is 0.182 e. The molecule has 0 spiro atoms. The van der Waals surface area contributed by atoms with Crippen LogP contribution in [0.5, 0.6) is 0 Å². The molecule has 0 saturated carbocycles. The molecular formula is C11H11BrN4OS. The average Bonchev–Trinajstić information content (AvgIpc) is 2.74. The largest absolute Gasteiger partial charge is 0.298 e. The van der Waals surface area contributed by atoms with Gasteiger partial charge in [-0.25, -0.2) is 0 Å². The number of halogens is 1. The molecule has 0 aliphatic heterocycles. The van der Waals surface area contributed by atoms with Gasteiger partial charge < -0.3 is 0 Å². The molecule has 7 heteroatoms. The molecule has 0 saturated heterocycles. The Morgan fingerprint density at radius 1 is 1.44 bits per heavy atom. The molecule has 0 aliphatic rings. The first-order valence-corrected chi connectivity index (χ1v) is 7.05. The zero-order valence-electron chi connectivity index (χ0n) is 9.71. The highest BCUT2D eigenvalue weighted by atomic mass is 79.9. The highest BCUT2D eigenvalue weighted by molar-refractivity contribution is 9.10. The van der Waals surface area contributed by atoms with Crippen LogP contribution in [0.4, 0.5) is 0 Å². The predicted molar refractivity (Wildman–Crippen MR) is 72.4 cm³/mol. The Labute approximate surface area is 117 Å². The molecule has 0 fully saturated rings. The molecule has 5 nitrogen and oxygen atoms in total. The molecule has 18 heavy (non-hydrogen) atoms. The van der Waals surface area contributed by atoms with E-state index < -0.39 is 0 Å². The van der Waals surface area contributed by atoms with E-state index in [4.69, 9.17) is 0 Å². The quantitative estimate of drug-likeness (QED) is 0.785. The first-order valence-electron chi connectivity index (χ1n) is 5.27. The number of aryl methyl sites for hydroxylation is 1. The van der Waals surface area contributed by atoms with Crippen molar-refractivity contribution < 1.29 is 4.79 Å². The lowest BCUT2D eigenvalue weighted by Crippen LogP contribution is -2.07. The summed E-state index contributed by atoms with van der Waals surface area (Å²) in [4.78, 5) is 14.2. The number of nitrogens with zero attached hydrogens (tertiary/aromatic N) is 4. The number of hydrogen-bond acceptors (Lipinski definition) is 5. The Balaban J connectivity index is 1.87. The second-order valence-electron chi connectivity index (χ2n) is 3.63. The maximum Gasteiger partial charge on any atom is 0.182 e. The number of carbonyl (C=O) groups is 1. The predicted octanol–water partition coefficient (Wildman–Crippen LogP) is 1.88. The van der Waals surface area contributed by atoms with Crippen LogP contribution < -0.4 is 0 Å². The Kier molecular flexibility index (Phi) is 4.48. The summed E-state index contributed by atoms with van der Waals surface area (Å²) < 4.78 is 1.00. The minimum absolute atomic E-state index is 0.0868. The number of hydrogen-bond donors (Lipinski definition) is 0. The molecule has 0 aliphatic carbocycles. The van der Waals surface area contributed by atoms with Crippen molar-refractivity contribution >= 4 is 33.5 Å². The molecule has 0 unspecified atom stereocenters. The topological polar surface area (TPSA) is 60.7 Å². The van der Waals surface area contributed by atoms with Crippen molar-refractivity contribution in [3.63, 3.8) is 0 Å². The van der Waals surface area contributed by atoms with Crippen molar-refractivity contribution in [2.45, 2.75) is 11.3 Å².